The second kappa shape index (κ2) is 6.70. The van der Waals surface area contributed by atoms with E-state index in [9.17, 15) is 5.26 Å². The summed E-state index contributed by atoms with van der Waals surface area (Å²) in [5, 5.41) is 9.38. The Hall–Kier alpha value is -1.37. The Morgan fingerprint density at radius 1 is 1.32 bits per heavy atom. The molecule has 1 aliphatic heterocycles. The summed E-state index contributed by atoms with van der Waals surface area (Å²) in [6, 6.07) is 13.2. The van der Waals surface area contributed by atoms with Crippen LogP contribution in [0.4, 0.5) is 0 Å². The predicted octanol–water partition coefficient (Wildman–Crippen LogP) is 2.32. The van der Waals surface area contributed by atoms with Crippen LogP contribution >= 0.6 is 0 Å². The molecule has 0 radical (unpaired) electrons. The third-order valence-electron chi connectivity index (χ3n) is 4.14. The molecule has 0 spiro atoms. The third-order valence-corrected chi connectivity index (χ3v) is 4.14. The van der Waals surface area contributed by atoms with E-state index in [0.717, 1.165) is 25.2 Å². The first-order valence-corrected chi connectivity index (χ1v) is 7.04. The van der Waals surface area contributed by atoms with E-state index in [4.69, 9.17) is 0 Å². The second-order valence-electron chi connectivity index (χ2n) is 5.57. The molecule has 0 saturated carbocycles. The van der Waals surface area contributed by atoms with Crippen molar-refractivity contribution in [3.63, 3.8) is 0 Å². The van der Waals surface area contributed by atoms with Crippen LogP contribution in [0.5, 0.6) is 0 Å². The summed E-state index contributed by atoms with van der Waals surface area (Å²) in [7, 11) is 4.33. The molecule has 1 aliphatic rings. The minimum Gasteiger partial charge on any atom is -0.306 e. The standard InChI is InChI=1S/C16H23N3/c1-18-10-8-16(9-11-18)19(2)13-15(12-17)14-6-4-3-5-7-14/h3-7,15-16H,8-11,13H2,1-2H3. The lowest BCUT2D eigenvalue weighted by Crippen LogP contribution is -2.43. The smallest absolute Gasteiger partial charge is 0.0839 e. The van der Waals surface area contributed by atoms with E-state index >= 15 is 0 Å². The minimum atomic E-state index is -0.0224. The predicted molar refractivity (Wildman–Crippen MR) is 77.9 cm³/mol. The Balaban J connectivity index is 1.94. The van der Waals surface area contributed by atoms with Crippen molar-refractivity contribution >= 4 is 0 Å². The van der Waals surface area contributed by atoms with Gasteiger partial charge in [0.05, 0.1) is 12.0 Å². The van der Waals surface area contributed by atoms with E-state index in [2.05, 4.69) is 42.1 Å². The zero-order valence-electron chi connectivity index (χ0n) is 11.9. The van der Waals surface area contributed by atoms with Gasteiger partial charge in [-0.15, -0.1) is 0 Å². The van der Waals surface area contributed by atoms with E-state index in [-0.39, 0.29) is 5.92 Å². The van der Waals surface area contributed by atoms with Crippen LogP contribution in [0, 0.1) is 11.3 Å². The Morgan fingerprint density at radius 3 is 2.53 bits per heavy atom. The van der Waals surface area contributed by atoms with E-state index in [1.165, 1.54) is 12.8 Å². The maximum Gasteiger partial charge on any atom is 0.0839 e. The topological polar surface area (TPSA) is 30.3 Å². The first-order valence-electron chi connectivity index (χ1n) is 7.04. The number of likely N-dealkylation sites (N-methyl/N-ethyl adjacent to an activating group) is 1. The maximum atomic E-state index is 9.38. The fourth-order valence-corrected chi connectivity index (χ4v) is 2.78. The van der Waals surface area contributed by atoms with Crippen LogP contribution in [0.2, 0.25) is 0 Å². The monoisotopic (exact) mass is 257 g/mol. The highest BCUT2D eigenvalue weighted by Gasteiger charge is 2.23. The van der Waals surface area contributed by atoms with Gasteiger partial charge in [-0.3, -0.25) is 0 Å². The molecule has 1 aromatic rings. The van der Waals surface area contributed by atoms with Crippen molar-refractivity contribution in [2.24, 2.45) is 0 Å². The molecule has 1 fully saturated rings. The highest BCUT2D eigenvalue weighted by Crippen LogP contribution is 2.20. The summed E-state index contributed by atoms with van der Waals surface area (Å²) < 4.78 is 0. The number of rotatable bonds is 4. The highest BCUT2D eigenvalue weighted by molar-refractivity contribution is 5.25. The number of hydrogen-bond acceptors (Lipinski definition) is 3. The molecule has 0 bridgehead atoms. The second-order valence-corrected chi connectivity index (χ2v) is 5.57. The molecule has 1 heterocycles. The molecule has 1 atom stereocenters. The molecule has 102 valence electrons. The lowest BCUT2D eigenvalue weighted by atomic mass is 9.97. The third kappa shape index (κ3) is 3.79. The highest BCUT2D eigenvalue weighted by atomic mass is 15.2. The maximum absolute atomic E-state index is 9.38. The van der Waals surface area contributed by atoms with Gasteiger partial charge in [-0.1, -0.05) is 30.3 Å². The summed E-state index contributed by atoms with van der Waals surface area (Å²) in [6.45, 7) is 3.16. The summed E-state index contributed by atoms with van der Waals surface area (Å²) >= 11 is 0. The first-order chi connectivity index (χ1) is 9.20. The Morgan fingerprint density at radius 2 is 1.95 bits per heavy atom. The molecule has 1 aromatic carbocycles. The molecular weight excluding hydrogens is 234 g/mol. The zero-order valence-corrected chi connectivity index (χ0v) is 11.9. The molecule has 1 saturated heterocycles. The fraction of sp³-hybridized carbons (Fsp3) is 0.562. The summed E-state index contributed by atoms with van der Waals surface area (Å²) in [5.41, 5.74) is 1.13. The van der Waals surface area contributed by atoms with Crippen molar-refractivity contribution in [2.75, 3.05) is 33.7 Å². The van der Waals surface area contributed by atoms with Gasteiger partial charge >= 0.3 is 0 Å². The van der Waals surface area contributed by atoms with Crippen molar-refractivity contribution in [3.05, 3.63) is 35.9 Å². The van der Waals surface area contributed by atoms with E-state index in [0.29, 0.717) is 6.04 Å². The van der Waals surface area contributed by atoms with Gasteiger partial charge in [-0.2, -0.15) is 5.26 Å². The molecule has 3 heteroatoms. The van der Waals surface area contributed by atoms with E-state index in [1.807, 2.05) is 18.2 Å². The molecule has 0 N–H and O–H groups in total. The average molecular weight is 257 g/mol. The number of benzene rings is 1. The van der Waals surface area contributed by atoms with Gasteiger partial charge in [-0.05, 0) is 45.6 Å². The molecular formula is C16H23N3. The van der Waals surface area contributed by atoms with Gasteiger partial charge < -0.3 is 9.80 Å². The van der Waals surface area contributed by atoms with Gasteiger partial charge in [0.25, 0.3) is 0 Å². The Labute approximate surface area is 116 Å². The van der Waals surface area contributed by atoms with Gasteiger partial charge in [0, 0.05) is 12.6 Å². The molecule has 0 aromatic heterocycles. The first kappa shape index (κ1) is 14.0. The zero-order chi connectivity index (χ0) is 13.7. The van der Waals surface area contributed by atoms with Crippen LogP contribution in [0.1, 0.15) is 24.3 Å². The van der Waals surface area contributed by atoms with Crippen LogP contribution in [-0.2, 0) is 0 Å². The quantitative estimate of drug-likeness (QED) is 0.829. The van der Waals surface area contributed by atoms with Gasteiger partial charge in [0.2, 0.25) is 0 Å². The van der Waals surface area contributed by atoms with Gasteiger partial charge in [0.15, 0.2) is 0 Å². The average Bonchev–Trinajstić information content (AvgIpc) is 2.46. The summed E-state index contributed by atoms with van der Waals surface area (Å²) in [5.74, 6) is -0.0224. The lowest BCUT2D eigenvalue weighted by Gasteiger charge is -2.35. The van der Waals surface area contributed by atoms with Gasteiger partial charge in [0.1, 0.15) is 0 Å². The number of piperidine rings is 1. The molecule has 3 nitrogen and oxygen atoms in total. The summed E-state index contributed by atoms with van der Waals surface area (Å²) in [6.07, 6.45) is 2.42. The number of hydrogen-bond donors (Lipinski definition) is 0. The Kier molecular flexibility index (Phi) is 4.95. The van der Waals surface area contributed by atoms with Crippen molar-refractivity contribution in [1.29, 1.82) is 5.26 Å². The van der Waals surface area contributed by atoms with Crippen molar-refractivity contribution in [1.82, 2.24) is 9.80 Å². The number of nitrogens with zero attached hydrogens (tertiary/aromatic N) is 3. The molecule has 2 rings (SSSR count). The number of likely N-dealkylation sites (tertiary alicyclic amines) is 1. The van der Waals surface area contributed by atoms with Gasteiger partial charge in [-0.25, -0.2) is 0 Å². The molecule has 1 unspecified atom stereocenters. The van der Waals surface area contributed by atoms with E-state index in [1.54, 1.807) is 0 Å². The van der Waals surface area contributed by atoms with Crippen LogP contribution < -0.4 is 0 Å². The lowest BCUT2D eigenvalue weighted by molar-refractivity contribution is 0.142. The fourth-order valence-electron chi connectivity index (χ4n) is 2.78. The molecule has 19 heavy (non-hydrogen) atoms. The van der Waals surface area contributed by atoms with Crippen LogP contribution in [0.3, 0.4) is 0 Å². The van der Waals surface area contributed by atoms with Crippen molar-refractivity contribution < 1.29 is 0 Å². The van der Waals surface area contributed by atoms with E-state index < -0.39 is 0 Å². The van der Waals surface area contributed by atoms with Crippen LogP contribution in [0.25, 0.3) is 0 Å². The van der Waals surface area contributed by atoms with Crippen molar-refractivity contribution in [3.8, 4) is 6.07 Å². The molecule has 0 amide bonds. The van der Waals surface area contributed by atoms with Crippen molar-refractivity contribution in [2.45, 2.75) is 24.8 Å². The van der Waals surface area contributed by atoms with Crippen LogP contribution in [0.15, 0.2) is 30.3 Å². The normalized spacial score (nSPS) is 19.3. The largest absolute Gasteiger partial charge is 0.306 e. The SMILES string of the molecule is CN1CCC(N(C)CC(C#N)c2ccccc2)CC1. The number of nitriles is 1. The summed E-state index contributed by atoms with van der Waals surface area (Å²) in [4.78, 5) is 4.75. The molecule has 0 aliphatic carbocycles. The minimum absolute atomic E-state index is 0.0224. The Bertz CT molecular complexity index is 415. The van der Waals surface area contributed by atoms with Crippen LogP contribution in [-0.4, -0.2) is 49.6 Å².